The van der Waals surface area contributed by atoms with Gasteiger partial charge in [-0.25, -0.2) is 4.98 Å². The van der Waals surface area contributed by atoms with E-state index in [0.29, 0.717) is 23.3 Å². The number of ether oxygens (including phenoxy) is 2. The maximum absolute atomic E-state index is 13.1. The number of rotatable bonds is 7. The molecular formula is C19H27N5O4S. The Balaban J connectivity index is 1.88. The molecule has 29 heavy (non-hydrogen) atoms. The van der Waals surface area contributed by atoms with Crippen molar-refractivity contribution in [3.05, 3.63) is 24.2 Å². The number of carbonyl (C=O) groups excluding carboxylic acids is 2. The van der Waals surface area contributed by atoms with E-state index in [-0.39, 0.29) is 18.2 Å². The third kappa shape index (κ3) is 4.59. The van der Waals surface area contributed by atoms with Crippen molar-refractivity contribution in [3.8, 4) is 5.06 Å². The molecule has 10 heteroatoms. The lowest BCUT2D eigenvalue weighted by Crippen LogP contribution is -2.44. The zero-order valence-electron chi connectivity index (χ0n) is 17.3. The minimum Gasteiger partial charge on any atom is -0.486 e. The molecule has 2 atom stereocenters. The second-order valence-electron chi connectivity index (χ2n) is 7.90. The van der Waals surface area contributed by atoms with Crippen molar-refractivity contribution in [3.63, 3.8) is 0 Å². The molecule has 0 aromatic carbocycles. The monoisotopic (exact) mass is 421 g/mol. The molecule has 2 aromatic heterocycles. The van der Waals surface area contributed by atoms with Gasteiger partial charge >= 0.3 is 0 Å². The Kier molecular flexibility index (Phi) is 6.23. The summed E-state index contributed by atoms with van der Waals surface area (Å²) < 4.78 is 12.0. The lowest BCUT2D eigenvalue weighted by Gasteiger charge is -2.38. The number of hydrogen-bond donors (Lipinski definition) is 1. The summed E-state index contributed by atoms with van der Waals surface area (Å²) in [5.41, 5.74) is 0.397. The number of hydrogen-bond acceptors (Lipinski definition) is 7. The maximum atomic E-state index is 13.1. The Bertz CT molecular complexity index is 872. The molecule has 1 aliphatic heterocycles. The maximum Gasteiger partial charge on any atom is 0.232 e. The molecule has 2 amide bonds. The van der Waals surface area contributed by atoms with Gasteiger partial charge in [0.1, 0.15) is 0 Å². The average Bonchev–Trinajstić information content (AvgIpc) is 3.37. The fourth-order valence-electron chi connectivity index (χ4n) is 3.59. The van der Waals surface area contributed by atoms with Crippen LogP contribution in [0.4, 0.5) is 5.13 Å². The molecule has 1 saturated heterocycles. The van der Waals surface area contributed by atoms with Gasteiger partial charge in [-0.05, 0) is 20.8 Å². The van der Waals surface area contributed by atoms with Gasteiger partial charge in [-0.1, -0.05) is 11.3 Å². The Morgan fingerprint density at radius 1 is 1.34 bits per heavy atom. The van der Waals surface area contributed by atoms with E-state index in [2.05, 4.69) is 15.4 Å². The van der Waals surface area contributed by atoms with Crippen molar-refractivity contribution in [1.29, 1.82) is 0 Å². The Morgan fingerprint density at radius 3 is 2.72 bits per heavy atom. The molecule has 0 radical (unpaired) electrons. The summed E-state index contributed by atoms with van der Waals surface area (Å²) in [6, 6.07) is -0.402. The van der Waals surface area contributed by atoms with E-state index in [1.54, 1.807) is 36.2 Å². The molecule has 2 aromatic rings. The molecule has 3 heterocycles. The lowest BCUT2D eigenvalue weighted by molar-refractivity contribution is -0.133. The first kappa shape index (κ1) is 21.3. The van der Waals surface area contributed by atoms with Crippen LogP contribution in [0, 0.1) is 5.92 Å². The predicted octanol–water partition coefficient (Wildman–Crippen LogP) is 2.32. The topological polar surface area (TPSA) is 98.6 Å². The van der Waals surface area contributed by atoms with Crippen molar-refractivity contribution >= 4 is 28.3 Å². The summed E-state index contributed by atoms with van der Waals surface area (Å²) in [4.78, 5) is 31.9. The number of nitrogens with one attached hydrogen (secondary N) is 1. The van der Waals surface area contributed by atoms with Gasteiger partial charge in [-0.2, -0.15) is 5.10 Å². The van der Waals surface area contributed by atoms with Gasteiger partial charge in [-0.3, -0.25) is 14.3 Å². The van der Waals surface area contributed by atoms with Gasteiger partial charge in [0.2, 0.25) is 11.8 Å². The van der Waals surface area contributed by atoms with Gasteiger partial charge in [0.15, 0.2) is 10.2 Å². The highest BCUT2D eigenvalue weighted by Gasteiger charge is 2.49. The predicted molar refractivity (Wildman–Crippen MR) is 109 cm³/mol. The number of aromatic nitrogens is 3. The molecule has 3 rings (SSSR count). The van der Waals surface area contributed by atoms with Gasteiger partial charge in [-0.15, -0.1) is 0 Å². The number of thiazole rings is 1. The zero-order valence-corrected chi connectivity index (χ0v) is 18.2. The molecule has 0 unspecified atom stereocenters. The molecule has 9 nitrogen and oxygen atoms in total. The number of carbonyl (C=O) groups is 2. The number of methoxy groups -OCH3 is 2. The highest BCUT2D eigenvalue weighted by molar-refractivity contribution is 7.17. The van der Waals surface area contributed by atoms with Crippen LogP contribution >= 0.6 is 11.3 Å². The second kappa shape index (κ2) is 8.50. The fraction of sp³-hybridized carbons (Fsp3) is 0.579. The third-order valence-electron chi connectivity index (χ3n) is 4.82. The lowest BCUT2D eigenvalue weighted by atomic mass is 9.93. The molecule has 1 fully saturated rings. The van der Waals surface area contributed by atoms with Crippen LogP contribution in [0.25, 0.3) is 0 Å². The van der Waals surface area contributed by atoms with Gasteiger partial charge in [0.25, 0.3) is 0 Å². The third-order valence-corrected chi connectivity index (χ3v) is 5.69. The smallest absolute Gasteiger partial charge is 0.232 e. The number of anilines is 1. The Morgan fingerprint density at radius 2 is 2.10 bits per heavy atom. The van der Waals surface area contributed by atoms with Crippen molar-refractivity contribution in [2.75, 3.05) is 26.1 Å². The normalized spacial score (nSPS) is 19.6. The molecule has 0 bridgehead atoms. The van der Waals surface area contributed by atoms with E-state index in [4.69, 9.17) is 9.47 Å². The SMILES string of the molecule is COCCn1cc([C@@H]2[C@H](C(=O)Nc3ncc(OC)s3)CC(=O)N2C(C)(C)C)cn1. The summed E-state index contributed by atoms with van der Waals surface area (Å²) in [5.74, 6) is -0.836. The number of amides is 2. The van der Waals surface area contributed by atoms with Gasteiger partial charge in [0, 0.05) is 30.8 Å². The van der Waals surface area contributed by atoms with Crippen LogP contribution in [0.2, 0.25) is 0 Å². The minimum absolute atomic E-state index is 0.0518. The van der Waals surface area contributed by atoms with Gasteiger partial charge < -0.3 is 19.7 Å². The van der Waals surface area contributed by atoms with E-state index >= 15 is 0 Å². The van der Waals surface area contributed by atoms with E-state index < -0.39 is 17.5 Å². The highest BCUT2D eigenvalue weighted by atomic mass is 32.1. The number of likely N-dealkylation sites (tertiary alicyclic amines) is 1. The van der Waals surface area contributed by atoms with Crippen LogP contribution < -0.4 is 10.1 Å². The summed E-state index contributed by atoms with van der Waals surface area (Å²) in [5, 5.41) is 8.26. The van der Waals surface area contributed by atoms with Crippen LogP contribution in [0.1, 0.15) is 38.8 Å². The summed E-state index contributed by atoms with van der Waals surface area (Å²) >= 11 is 1.24. The second-order valence-corrected chi connectivity index (χ2v) is 8.89. The van der Waals surface area contributed by atoms with Gasteiger partial charge in [0.05, 0.1) is 44.6 Å². The van der Waals surface area contributed by atoms with Crippen molar-refractivity contribution in [2.24, 2.45) is 5.92 Å². The van der Waals surface area contributed by atoms with Crippen molar-refractivity contribution in [2.45, 2.75) is 45.3 Å². The van der Waals surface area contributed by atoms with Crippen LogP contribution in [-0.2, 0) is 20.9 Å². The highest BCUT2D eigenvalue weighted by Crippen LogP contribution is 2.43. The molecule has 1 N–H and O–H groups in total. The summed E-state index contributed by atoms with van der Waals surface area (Å²) in [6.45, 7) is 7.05. The van der Waals surface area contributed by atoms with E-state index in [1.165, 1.54) is 11.3 Å². The van der Waals surface area contributed by atoms with E-state index in [1.807, 2.05) is 27.0 Å². The molecular weight excluding hydrogens is 394 g/mol. The largest absolute Gasteiger partial charge is 0.486 e. The Hall–Kier alpha value is -2.46. The quantitative estimate of drug-likeness (QED) is 0.737. The summed E-state index contributed by atoms with van der Waals surface area (Å²) in [6.07, 6.45) is 5.30. The Labute approximate surface area is 174 Å². The van der Waals surface area contributed by atoms with Crippen LogP contribution in [0.3, 0.4) is 0 Å². The molecule has 0 aliphatic carbocycles. The first-order chi connectivity index (χ1) is 13.7. The van der Waals surface area contributed by atoms with Crippen molar-refractivity contribution in [1.82, 2.24) is 19.7 Å². The van der Waals surface area contributed by atoms with Crippen LogP contribution in [0.15, 0.2) is 18.6 Å². The zero-order chi connectivity index (χ0) is 21.2. The van der Waals surface area contributed by atoms with Crippen molar-refractivity contribution < 1.29 is 19.1 Å². The van der Waals surface area contributed by atoms with E-state index in [0.717, 1.165) is 5.56 Å². The summed E-state index contributed by atoms with van der Waals surface area (Å²) in [7, 11) is 3.18. The molecule has 0 saturated carbocycles. The molecule has 1 aliphatic rings. The van der Waals surface area contributed by atoms with Crippen LogP contribution in [0.5, 0.6) is 5.06 Å². The van der Waals surface area contributed by atoms with Crippen LogP contribution in [-0.4, -0.2) is 57.8 Å². The molecule has 0 spiro atoms. The standard InChI is InChI=1S/C19H27N5O4S/c1-19(2,3)24-14(25)8-13(17(26)22-18-20-10-15(28-5)29-18)16(24)12-9-21-23(11-12)6-7-27-4/h9-11,13,16H,6-8H2,1-5H3,(H,20,22,26)/t13-,16-/m1/s1. The number of nitrogens with zero attached hydrogens (tertiary/aromatic N) is 4. The fourth-order valence-corrected chi connectivity index (χ4v) is 4.23. The minimum atomic E-state index is -0.545. The average molecular weight is 422 g/mol. The first-order valence-electron chi connectivity index (χ1n) is 9.38. The first-order valence-corrected chi connectivity index (χ1v) is 10.2. The molecule has 158 valence electrons. The van der Waals surface area contributed by atoms with E-state index in [9.17, 15) is 9.59 Å².